The molecule has 82 valence electrons. The highest BCUT2D eigenvalue weighted by molar-refractivity contribution is 5.29. The maximum atomic E-state index is 12.9. The molecule has 2 atom stereocenters. The van der Waals surface area contributed by atoms with E-state index in [1.54, 1.807) is 6.07 Å². The third kappa shape index (κ3) is 2.19. The predicted octanol–water partition coefficient (Wildman–Crippen LogP) is 1.92. The fourth-order valence-electron chi connectivity index (χ4n) is 2.17. The van der Waals surface area contributed by atoms with Crippen LogP contribution in [0.2, 0.25) is 0 Å². The number of aliphatic hydroxyl groups excluding tert-OH is 1. The van der Waals surface area contributed by atoms with Crippen LogP contribution in [0, 0.1) is 12.7 Å². The topological polar surface area (TPSA) is 32.3 Å². The van der Waals surface area contributed by atoms with Crippen molar-refractivity contribution in [2.45, 2.75) is 31.9 Å². The molecule has 0 saturated carbocycles. The van der Waals surface area contributed by atoms with Gasteiger partial charge in [0.25, 0.3) is 0 Å². The predicted molar refractivity (Wildman–Crippen MR) is 57.1 cm³/mol. The Morgan fingerprint density at radius 3 is 2.93 bits per heavy atom. The molecular weight excluding hydrogens is 193 g/mol. The monoisotopic (exact) mass is 209 g/mol. The number of benzene rings is 1. The molecule has 1 aliphatic heterocycles. The third-order valence-corrected chi connectivity index (χ3v) is 3.03. The van der Waals surface area contributed by atoms with Gasteiger partial charge >= 0.3 is 0 Å². The first-order valence-electron chi connectivity index (χ1n) is 5.36. The third-order valence-electron chi connectivity index (χ3n) is 3.03. The second-order valence-electron chi connectivity index (χ2n) is 4.15. The van der Waals surface area contributed by atoms with Crippen LogP contribution < -0.4 is 5.32 Å². The normalized spacial score (nSPS) is 23.0. The Hall–Kier alpha value is -0.930. The lowest BCUT2D eigenvalue weighted by molar-refractivity contribution is 0.137. The van der Waals surface area contributed by atoms with Crippen molar-refractivity contribution in [2.24, 2.45) is 0 Å². The van der Waals surface area contributed by atoms with Crippen molar-refractivity contribution in [3.63, 3.8) is 0 Å². The fraction of sp³-hybridized carbons (Fsp3) is 0.500. The summed E-state index contributed by atoms with van der Waals surface area (Å²) in [4.78, 5) is 0. The molecule has 0 amide bonds. The quantitative estimate of drug-likeness (QED) is 0.780. The fourth-order valence-corrected chi connectivity index (χ4v) is 2.17. The van der Waals surface area contributed by atoms with Gasteiger partial charge in [0.1, 0.15) is 5.82 Å². The molecular formula is C12H16FNO. The van der Waals surface area contributed by atoms with Crippen LogP contribution in [0.3, 0.4) is 0 Å². The lowest BCUT2D eigenvalue weighted by Crippen LogP contribution is -2.29. The molecule has 0 bridgehead atoms. The molecule has 15 heavy (non-hydrogen) atoms. The summed E-state index contributed by atoms with van der Waals surface area (Å²) in [6, 6.07) is 4.66. The highest BCUT2D eigenvalue weighted by Gasteiger charge is 2.24. The minimum Gasteiger partial charge on any atom is -0.387 e. The van der Waals surface area contributed by atoms with E-state index >= 15 is 0 Å². The van der Waals surface area contributed by atoms with E-state index in [0.717, 1.165) is 30.5 Å². The molecule has 1 fully saturated rings. The van der Waals surface area contributed by atoms with Crippen molar-refractivity contribution in [2.75, 3.05) is 6.54 Å². The van der Waals surface area contributed by atoms with Gasteiger partial charge in [-0.05, 0) is 49.6 Å². The van der Waals surface area contributed by atoms with E-state index in [0.29, 0.717) is 0 Å². The summed E-state index contributed by atoms with van der Waals surface area (Å²) in [7, 11) is 0. The van der Waals surface area contributed by atoms with Crippen LogP contribution in [-0.4, -0.2) is 17.7 Å². The standard InChI is InChI=1S/C12H16FNO/c1-8-7-9(13)4-5-10(8)12(15)11-3-2-6-14-11/h4-5,7,11-12,14-15H,2-3,6H2,1H3. The summed E-state index contributed by atoms with van der Waals surface area (Å²) in [5.74, 6) is -0.247. The van der Waals surface area contributed by atoms with Gasteiger partial charge in [0.15, 0.2) is 0 Å². The van der Waals surface area contributed by atoms with Gasteiger partial charge in [-0.1, -0.05) is 6.07 Å². The zero-order chi connectivity index (χ0) is 10.8. The highest BCUT2D eigenvalue weighted by Crippen LogP contribution is 2.25. The van der Waals surface area contributed by atoms with Crippen molar-refractivity contribution in [3.8, 4) is 0 Å². The van der Waals surface area contributed by atoms with E-state index in [-0.39, 0.29) is 11.9 Å². The number of hydrogen-bond donors (Lipinski definition) is 2. The molecule has 0 aromatic heterocycles. The van der Waals surface area contributed by atoms with Gasteiger partial charge in [0.2, 0.25) is 0 Å². The first-order valence-corrected chi connectivity index (χ1v) is 5.36. The van der Waals surface area contributed by atoms with E-state index in [1.165, 1.54) is 12.1 Å². The Balaban J connectivity index is 2.20. The summed E-state index contributed by atoms with van der Waals surface area (Å²) < 4.78 is 12.9. The van der Waals surface area contributed by atoms with Crippen LogP contribution >= 0.6 is 0 Å². The van der Waals surface area contributed by atoms with Crippen LogP contribution in [0.1, 0.15) is 30.1 Å². The minimum atomic E-state index is -0.520. The van der Waals surface area contributed by atoms with Crippen LogP contribution in [0.25, 0.3) is 0 Å². The molecule has 0 radical (unpaired) electrons. The number of aliphatic hydroxyl groups is 1. The number of hydrogen-bond acceptors (Lipinski definition) is 2. The summed E-state index contributed by atoms with van der Waals surface area (Å²) in [6.45, 7) is 2.79. The molecule has 2 unspecified atom stereocenters. The number of nitrogens with one attached hydrogen (secondary N) is 1. The van der Waals surface area contributed by atoms with Gasteiger partial charge in [-0.3, -0.25) is 0 Å². The van der Waals surface area contributed by atoms with Gasteiger partial charge in [-0.25, -0.2) is 4.39 Å². The molecule has 3 heteroatoms. The van der Waals surface area contributed by atoms with Crippen molar-refractivity contribution in [3.05, 3.63) is 35.1 Å². The van der Waals surface area contributed by atoms with E-state index in [2.05, 4.69) is 5.32 Å². The molecule has 0 spiro atoms. The summed E-state index contributed by atoms with van der Waals surface area (Å²) in [5.41, 5.74) is 1.65. The average Bonchev–Trinajstić information content (AvgIpc) is 2.69. The van der Waals surface area contributed by atoms with Gasteiger partial charge in [0, 0.05) is 6.04 Å². The van der Waals surface area contributed by atoms with Crippen molar-refractivity contribution in [1.29, 1.82) is 0 Å². The molecule has 2 N–H and O–H groups in total. The van der Waals surface area contributed by atoms with E-state index < -0.39 is 6.10 Å². The van der Waals surface area contributed by atoms with Gasteiger partial charge in [-0.15, -0.1) is 0 Å². The van der Waals surface area contributed by atoms with Crippen LogP contribution in [0.5, 0.6) is 0 Å². The van der Waals surface area contributed by atoms with Crippen LogP contribution in [-0.2, 0) is 0 Å². The van der Waals surface area contributed by atoms with Crippen molar-refractivity contribution < 1.29 is 9.50 Å². The maximum Gasteiger partial charge on any atom is 0.123 e. The Morgan fingerprint density at radius 2 is 2.33 bits per heavy atom. The van der Waals surface area contributed by atoms with Gasteiger partial charge in [0.05, 0.1) is 6.10 Å². The average molecular weight is 209 g/mol. The Kier molecular flexibility index (Phi) is 3.03. The lowest BCUT2D eigenvalue weighted by Gasteiger charge is -2.20. The number of aryl methyl sites for hydroxylation is 1. The first-order chi connectivity index (χ1) is 7.18. The van der Waals surface area contributed by atoms with E-state index in [1.807, 2.05) is 6.92 Å². The Labute approximate surface area is 89.1 Å². The zero-order valence-corrected chi connectivity index (χ0v) is 8.83. The van der Waals surface area contributed by atoms with Crippen molar-refractivity contribution >= 4 is 0 Å². The smallest absolute Gasteiger partial charge is 0.123 e. The van der Waals surface area contributed by atoms with Crippen LogP contribution in [0.4, 0.5) is 4.39 Å². The van der Waals surface area contributed by atoms with Gasteiger partial charge in [-0.2, -0.15) is 0 Å². The summed E-state index contributed by atoms with van der Waals surface area (Å²) in [5, 5.41) is 13.4. The molecule has 1 aliphatic rings. The highest BCUT2D eigenvalue weighted by atomic mass is 19.1. The van der Waals surface area contributed by atoms with Crippen LogP contribution in [0.15, 0.2) is 18.2 Å². The molecule has 2 rings (SSSR count). The van der Waals surface area contributed by atoms with E-state index in [4.69, 9.17) is 0 Å². The largest absolute Gasteiger partial charge is 0.387 e. The first kappa shape index (κ1) is 10.6. The second-order valence-corrected chi connectivity index (χ2v) is 4.15. The Morgan fingerprint density at radius 1 is 1.53 bits per heavy atom. The molecule has 1 aromatic rings. The Bertz CT molecular complexity index is 347. The minimum absolute atomic E-state index is 0.120. The lowest BCUT2D eigenvalue weighted by atomic mass is 9.97. The summed E-state index contributed by atoms with van der Waals surface area (Å²) in [6.07, 6.45) is 1.56. The van der Waals surface area contributed by atoms with E-state index in [9.17, 15) is 9.50 Å². The number of halogens is 1. The number of rotatable bonds is 2. The zero-order valence-electron chi connectivity index (χ0n) is 8.83. The maximum absolute atomic E-state index is 12.9. The van der Waals surface area contributed by atoms with Crippen molar-refractivity contribution in [1.82, 2.24) is 5.32 Å². The summed E-state index contributed by atoms with van der Waals surface area (Å²) >= 11 is 0. The second kappa shape index (κ2) is 4.29. The SMILES string of the molecule is Cc1cc(F)ccc1C(O)C1CCCN1. The molecule has 0 aliphatic carbocycles. The molecule has 1 heterocycles. The molecule has 1 saturated heterocycles. The van der Waals surface area contributed by atoms with Gasteiger partial charge < -0.3 is 10.4 Å². The molecule has 1 aromatic carbocycles. The molecule has 2 nitrogen and oxygen atoms in total.